The van der Waals surface area contributed by atoms with Gasteiger partial charge in [0.15, 0.2) is 0 Å². The van der Waals surface area contributed by atoms with Gasteiger partial charge in [-0.3, -0.25) is 4.79 Å². The first-order valence-corrected chi connectivity index (χ1v) is 6.91. The van der Waals surface area contributed by atoms with Gasteiger partial charge in [-0.05, 0) is 37.5 Å². The number of hydrogen-bond donors (Lipinski definition) is 2. The van der Waals surface area contributed by atoms with Crippen LogP contribution in [0.15, 0.2) is 24.3 Å². The summed E-state index contributed by atoms with van der Waals surface area (Å²) in [5.41, 5.74) is 6.94. The van der Waals surface area contributed by atoms with Crippen molar-refractivity contribution >= 4 is 5.91 Å². The van der Waals surface area contributed by atoms with E-state index < -0.39 is 6.04 Å². The van der Waals surface area contributed by atoms with Crippen LogP contribution in [0, 0.1) is 0 Å². The largest absolute Gasteiger partial charge is 0.508 e. The number of nitrogens with zero attached hydrogens (tertiary/aromatic N) is 1. The smallest absolute Gasteiger partial charge is 0.239 e. The summed E-state index contributed by atoms with van der Waals surface area (Å²) >= 11 is 0. The van der Waals surface area contributed by atoms with Crippen LogP contribution in [0.1, 0.15) is 18.9 Å². The molecule has 2 unspecified atom stereocenters. The van der Waals surface area contributed by atoms with E-state index in [1.807, 2.05) is 6.92 Å². The Hall–Kier alpha value is -1.59. The Labute approximate surface area is 119 Å². The molecule has 3 N–H and O–H groups in total. The van der Waals surface area contributed by atoms with Crippen molar-refractivity contribution in [3.05, 3.63) is 29.8 Å². The fraction of sp³-hybridized carbons (Fsp3) is 0.533. The number of phenolic OH excluding ortho intramolecular Hbond substituents is 1. The van der Waals surface area contributed by atoms with E-state index in [4.69, 9.17) is 10.5 Å². The fourth-order valence-corrected chi connectivity index (χ4v) is 2.63. The fourth-order valence-electron chi connectivity index (χ4n) is 2.63. The second-order valence-electron chi connectivity index (χ2n) is 5.36. The molecule has 1 aliphatic heterocycles. The number of aromatic hydroxyl groups is 1. The van der Waals surface area contributed by atoms with E-state index in [-0.39, 0.29) is 23.8 Å². The van der Waals surface area contributed by atoms with E-state index in [0.29, 0.717) is 13.0 Å². The molecule has 3 atom stereocenters. The van der Waals surface area contributed by atoms with E-state index in [9.17, 15) is 9.90 Å². The third kappa shape index (κ3) is 3.29. The highest BCUT2D eigenvalue weighted by Gasteiger charge is 2.32. The Bertz CT molecular complexity index is 461. The first kappa shape index (κ1) is 14.8. The zero-order chi connectivity index (χ0) is 14.7. The van der Waals surface area contributed by atoms with Crippen LogP contribution >= 0.6 is 0 Å². The van der Waals surface area contributed by atoms with Crippen molar-refractivity contribution in [3.63, 3.8) is 0 Å². The van der Waals surface area contributed by atoms with E-state index >= 15 is 0 Å². The van der Waals surface area contributed by atoms with Gasteiger partial charge in [0.05, 0.1) is 18.2 Å². The number of amides is 1. The van der Waals surface area contributed by atoms with Gasteiger partial charge in [0.1, 0.15) is 5.75 Å². The molecule has 5 nitrogen and oxygen atoms in total. The van der Waals surface area contributed by atoms with Crippen LogP contribution in [0.25, 0.3) is 0 Å². The molecule has 5 heteroatoms. The van der Waals surface area contributed by atoms with Crippen LogP contribution < -0.4 is 5.73 Å². The Morgan fingerprint density at radius 1 is 1.50 bits per heavy atom. The minimum Gasteiger partial charge on any atom is -0.508 e. The van der Waals surface area contributed by atoms with Gasteiger partial charge in [-0.1, -0.05) is 12.1 Å². The standard InChI is InChI=1S/C15H22N2O3/c1-10-14(7-8-20-10)17(2)15(19)13(16)9-11-3-5-12(18)6-4-11/h3-6,10,13-14,18H,7-9,16H2,1-2H3/t10?,13-,14?/m1/s1. The Morgan fingerprint density at radius 2 is 2.15 bits per heavy atom. The molecule has 0 saturated carbocycles. The zero-order valence-electron chi connectivity index (χ0n) is 12.0. The van der Waals surface area contributed by atoms with Crippen molar-refractivity contribution in [1.29, 1.82) is 0 Å². The number of hydrogen-bond acceptors (Lipinski definition) is 4. The van der Waals surface area contributed by atoms with Gasteiger partial charge in [-0.2, -0.15) is 0 Å². The minimum absolute atomic E-state index is 0.0600. The highest BCUT2D eigenvalue weighted by molar-refractivity contribution is 5.82. The van der Waals surface area contributed by atoms with E-state index in [1.54, 1.807) is 36.2 Å². The number of ether oxygens (including phenoxy) is 1. The highest BCUT2D eigenvalue weighted by Crippen LogP contribution is 2.19. The molecule has 2 rings (SSSR count). The molecule has 1 saturated heterocycles. The Morgan fingerprint density at radius 3 is 2.70 bits per heavy atom. The van der Waals surface area contributed by atoms with Crippen molar-refractivity contribution in [2.45, 2.75) is 38.0 Å². The second kappa shape index (κ2) is 6.24. The average Bonchev–Trinajstić information content (AvgIpc) is 2.86. The Kier molecular flexibility index (Phi) is 4.62. The monoisotopic (exact) mass is 278 g/mol. The van der Waals surface area contributed by atoms with E-state index in [0.717, 1.165) is 12.0 Å². The summed E-state index contributed by atoms with van der Waals surface area (Å²) in [4.78, 5) is 14.1. The quantitative estimate of drug-likeness (QED) is 0.858. The van der Waals surface area contributed by atoms with Gasteiger partial charge in [-0.25, -0.2) is 0 Å². The summed E-state index contributed by atoms with van der Waals surface area (Å²) in [6.07, 6.45) is 1.38. The predicted octanol–water partition coefficient (Wildman–Crippen LogP) is 0.898. The lowest BCUT2D eigenvalue weighted by molar-refractivity contribution is -0.134. The maximum absolute atomic E-state index is 12.3. The number of benzene rings is 1. The maximum atomic E-state index is 12.3. The third-order valence-corrected chi connectivity index (χ3v) is 3.89. The van der Waals surface area contributed by atoms with Crippen LogP contribution in [-0.2, 0) is 16.0 Å². The minimum atomic E-state index is -0.572. The molecule has 1 amide bonds. The summed E-state index contributed by atoms with van der Waals surface area (Å²) in [6.45, 7) is 2.67. The molecule has 1 heterocycles. The molecule has 20 heavy (non-hydrogen) atoms. The SMILES string of the molecule is CC1OCCC1N(C)C(=O)[C@H](N)Cc1ccc(O)cc1. The van der Waals surface area contributed by atoms with Crippen LogP contribution in [0.4, 0.5) is 0 Å². The van der Waals surface area contributed by atoms with Crippen molar-refractivity contribution in [3.8, 4) is 5.75 Å². The molecule has 1 aromatic rings. The number of carbonyl (C=O) groups is 1. The van der Waals surface area contributed by atoms with Gasteiger partial charge < -0.3 is 20.5 Å². The van der Waals surface area contributed by atoms with E-state index in [1.165, 1.54) is 0 Å². The molecule has 0 bridgehead atoms. The Balaban J connectivity index is 1.95. The molecule has 0 radical (unpaired) electrons. The molecule has 1 fully saturated rings. The number of nitrogens with two attached hydrogens (primary N) is 1. The van der Waals surface area contributed by atoms with Gasteiger partial charge in [0, 0.05) is 13.7 Å². The van der Waals surface area contributed by atoms with Crippen LogP contribution in [0.3, 0.4) is 0 Å². The van der Waals surface area contributed by atoms with Gasteiger partial charge in [0.25, 0.3) is 0 Å². The predicted molar refractivity (Wildman–Crippen MR) is 76.4 cm³/mol. The van der Waals surface area contributed by atoms with Crippen LogP contribution in [0.2, 0.25) is 0 Å². The van der Waals surface area contributed by atoms with Crippen molar-refractivity contribution in [1.82, 2.24) is 4.90 Å². The topological polar surface area (TPSA) is 75.8 Å². The highest BCUT2D eigenvalue weighted by atomic mass is 16.5. The van der Waals surface area contributed by atoms with Gasteiger partial charge in [-0.15, -0.1) is 0 Å². The third-order valence-electron chi connectivity index (χ3n) is 3.89. The zero-order valence-corrected chi connectivity index (χ0v) is 12.0. The average molecular weight is 278 g/mol. The molecular formula is C15H22N2O3. The lowest BCUT2D eigenvalue weighted by Crippen LogP contribution is -2.49. The van der Waals surface area contributed by atoms with Crippen molar-refractivity contribution in [2.24, 2.45) is 5.73 Å². The molecule has 0 aromatic heterocycles. The van der Waals surface area contributed by atoms with Gasteiger partial charge in [0.2, 0.25) is 5.91 Å². The van der Waals surface area contributed by atoms with Crippen molar-refractivity contribution < 1.29 is 14.6 Å². The molecular weight excluding hydrogens is 256 g/mol. The molecule has 0 aliphatic carbocycles. The van der Waals surface area contributed by atoms with E-state index in [2.05, 4.69) is 0 Å². The summed E-state index contributed by atoms with van der Waals surface area (Å²) in [6, 6.07) is 6.30. The molecule has 1 aromatic carbocycles. The summed E-state index contributed by atoms with van der Waals surface area (Å²) in [5, 5.41) is 9.24. The second-order valence-corrected chi connectivity index (χ2v) is 5.36. The van der Waals surface area contributed by atoms with Crippen molar-refractivity contribution in [2.75, 3.05) is 13.7 Å². The normalized spacial score (nSPS) is 23.6. The molecule has 110 valence electrons. The van der Waals surface area contributed by atoms with Crippen LogP contribution in [0.5, 0.6) is 5.75 Å². The number of rotatable bonds is 4. The lowest BCUT2D eigenvalue weighted by atomic mass is 10.0. The first-order valence-electron chi connectivity index (χ1n) is 6.91. The molecule has 1 aliphatic rings. The molecule has 0 spiro atoms. The summed E-state index contributed by atoms with van der Waals surface area (Å²) < 4.78 is 5.49. The number of carbonyl (C=O) groups excluding carboxylic acids is 1. The lowest BCUT2D eigenvalue weighted by Gasteiger charge is -2.29. The van der Waals surface area contributed by atoms with Gasteiger partial charge >= 0.3 is 0 Å². The first-order chi connectivity index (χ1) is 9.49. The summed E-state index contributed by atoms with van der Waals surface area (Å²) in [7, 11) is 1.79. The van der Waals surface area contributed by atoms with Crippen LogP contribution in [-0.4, -0.2) is 47.8 Å². The summed E-state index contributed by atoms with van der Waals surface area (Å²) in [5.74, 6) is 0.142. The number of likely N-dealkylation sites (N-methyl/N-ethyl adjacent to an activating group) is 1. The number of phenols is 1. The maximum Gasteiger partial charge on any atom is 0.239 e.